The molecule has 0 fully saturated rings. The fraction of sp³-hybridized carbons (Fsp3) is 0.0182. The average molecular weight is 725 g/mol. The van der Waals surface area contributed by atoms with Crippen LogP contribution < -0.4 is 0 Å². The minimum Gasteiger partial charge on any atom is -0.309 e. The summed E-state index contributed by atoms with van der Waals surface area (Å²) in [6, 6.07) is 78.1. The summed E-state index contributed by atoms with van der Waals surface area (Å²) in [5.74, 6) is 0.236. The summed E-state index contributed by atoms with van der Waals surface area (Å²) in [5, 5.41) is 5.04. The Labute approximate surface area is 331 Å². The molecule has 0 radical (unpaired) electrons. The molecule has 266 valence electrons. The number of rotatable bonds is 5. The molecule has 1 unspecified atom stereocenters. The average Bonchev–Trinajstić information content (AvgIpc) is 3.92. The van der Waals surface area contributed by atoms with Crippen molar-refractivity contribution in [2.75, 3.05) is 0 Å². The Bertz CT molecular complexity index is 3350. The van der Waals surface area contributed by atoms with Gasteiger partial charge < -0.3 is 9.13 Å². The van der Waals surface area contributed by atoms with Crippen molar-refractivity contribution >= 4 is 43.6 Å². The van der Waals surface area contributed by atoms with Crippen LogP contribution in [0.5, 0.6) is 0 Å². The number of nitrogens with zero attached hydrogens (tertiary/aromatic N) is 2. The van der Waals surface area contributed by atoms with Crippen molar-refractivity contribution in [3.8, 4) is 44.8 Å². The lowest BCUT2D eigenvalue weighted by Gasteiger charge is -2.15. The molecule has 1 aliphatic carbocycles. The molecule has 0 amide bonds. The molecule has 9 aromatic carbocycles. The van der Waals surface area contributed by atoms with Gasteiger partial charge in [-0.05, 0) is 117 Å². The van der Waals surface area contributed by atoms with E-state index in [1.54, 1.807) is 0 Å². The normalized spacial score (nSPS) is 13.4. The summed E-state index contributed by atoms with van der Waals surface area (Å²) in [6.07, 6.45) is 0. The molecule has 0 bridgehead atoms. The Balaban J connectivity index is 0.963. The van der Waals surface area contributed by atoms with Crippen LogP contribution >= 0.6 is 0 Å². The third kappa shape index (κ3) is 4.91. The van der Waals surface area contributed by atoms with E-state index in [0.29, 0.717) is 0 Å². The summed E-state index contributed by atoms with van der Waals surface area (Å²) < 4.78 is 4.82. The first-order valence-corrected chi connectivity index (χ1v) is 19.8. The predicted molar refractivity (Wildman–Crippen MR) is 239 cm³/mol. The fourth-order valence-corrected chi connectivity index (χ4v) is 9.65. The summed E-state index contributed by atoms with van der Waals surface area (Å²) in [5.41, 5.74) is 18.8. The van der Waals surface area contributed by atoms with Gasteiger partial charge in [0.05, 0.1) is 22.1 Å². The highest BCUT2D eigenvalue weighted by Gasteiger charge is 2.30. The van der Waals surface area contributed by atoms with E-state index in [0.717, 1.165) is 0 Å². The second-order valence-electron chi connectivity index (χ2n) is 15.3. The van der Waals surface area contributed by atoms with Gasteiger partial charge in [0.25, 0.3) is 0 Å². The highest BCUT2D eigenvalue weighted by molar-refractivity contribution is 6.12. The van der Waals surface area contributed by atoms with Crippen molar-refractivity contribution in [1.82, 2.24) is 9.13 Å². The number of aromatic nitrogens is 2. The van der Waals surface area contributed by atoms with Gasteiger partial charge in [-0.25, -0.2) is 0 Å². The SMILES string of the molecule is c1ccc(C2c3ccccc3-c3cc(-n4c5ccccc5c5cc(-c6cccc(-c7ccc8c(c7)c7ccccc7n8-c7ccccc7)c6)ccc54)ccc32)cc1. The summed E-state index contributed by atoms with van der Waals surface area (Å²) in [4.78, 5) is 0. The molecule has 12 rings (SSSR count). The molecule has 2 nitrogen and oxygen atoms in total. The Morgan fingerprint density at radius 3 is 1.46 bits per heavy atom. The van der Waals surface area contributed by atoms with E-state index in [-0.39, 0.29) is 5.92 Å². The topological polar surface area (TPSA) is 9.86 Å². The number of para-hydroxylation sites is 3. The predicted octanol–water partition coefficient (Wildman–Crippen LogP) is 14.4. The van der Waals surface area contributed by atoms with Gasteiger partial charge in [-0.2, -0.15) is 0 Å². The number of hydrogen-bond acceptors (Lipinski definition) is 0. The van der Waals surface area contributed by atoms with Gasteiger partial charge in [-0.3, -0.25) is 0 Å². The zero-order valence-corrected chi connectivity index (χ0v) is 31.2. The highest BCUT2D eigenvalue weighted by atomic mass is 15.0. The van der Waals surface area contributed by atoms with E-state index in [1.807, 2.05) is 0 Å². The summed E-state index contributed by atoms with van der Waals surface area (Å²) in [7, 11) is 0. The van der Waals surface area contributed by atoms with Crippen LogP contribution in [0.1, 0.15) is 22.6 Å². The molecule has 0 N–H and O–H groups in total. The monoisotopic (exact) mass is 724 g/mol. The van der Waals surface area contributed by atoms with E-state index in [4.69, 9.17) is 0 Å². The van der Waals surface area contributed by atoms with Crippen molar-refractivity contribution in [1.29, 1.82) is 0 Å². The zero-order valence-electron chi connectivity index (χ0n) is 31.2. The van der Waals surface area contributed by atoms with Crippen LogP contribution in [0.25, 0.3) is 88.4 Å². The number of fused-ring (bicyclic) bond motifs is 9. The first-order chi connectivity index (χ1) is 28.3. The molecule has 2 aromatic heterocycles. The van der Waals surface area contributed by atoms with Gasteiger partial charge in [0.15, 0.2) is 0 Å². The Hall–Kier alpha value is -7.42. The van der Waals surface area contributed by atoms with Crippen molar-refractivity contribution < 1.29 is 0 Å². The maximum atomic E-state index is 2.45. The van der Waals surface area contributed by atoms with Crippen molar-refractivity contribution in [2.24, 2.45) is 0 Å². The van der Waals surface area contributed by atoms with Crippen LogP contribution in [0.3, 0.4) is 0 Å². The maximum absolute atomic E-state index is 2.45. The van der Waals surface area contributed by atoms with Gasteiger partial charge in [0, 0.05) is 38.8 Å². The quantitative estimate of drug-likeness (QED) is 0.167. The minimum absolute atomic E-state index is 0.236. The summed E-state index contributed by atoms with van der Waals surface area (Å²) in [6.45, 7) is 0. The molecule has 1 atom stereocenters. The third-order valence-electron chi connectivity index (χ3n) is 12.2. The van der Waals surface area contributed by atoms with Crippen molar-refractivity contribution in [3.63, 3.8) is 0 Å². The molecule has 2 heteroatoms. The molecule has 2 heterocycles. The lowest BCUT2D eigenvalue weighted by molar-refractivity contribution is 1.01. The third-order valence-corrected chi connectivity index (χ3v) is 12.2. The standard InChI is InChI=1S/C55H36N2/c1-3-14-36(15-4-1)55-46-23-8-7-20-43(46)48-35-42(28-29-47(48)55)57-52-25-12-10-22-45(52)50-34-40(27-31-54(50)57)38-17-13-16-37(32-38)39-26-30-53-49(33-39)44-21-9-11-24-51(44)56(53)41-18-5-2-6-19-41/h1-35,55H. The lowest BCUT2D eigenvalue weighted by atomic mass is 9.89. The molecule has 0 saturated heterocycles. The van der Waals surface area contributed by atoms with Gasteiger partial charge in [0.2, 0.25) is 0 Å². The van der Waals surface area contributed by atoms with Crippen molar-refractivity contribution in [2.45, 2.75) is 5.92 Å². The Morgan fingerprint density at radius 1 is 0.281 bits per heavy atom. The van der Waals surface area contributed by atoms with E-state index < -0.39 is 0 Å². The molecule has 11 aromatic rings. The van der Waals surface area contributed by atoms with E-state index in [2.05, 4.69) is 221 Å². The van der Waals surface area contributed by atoms with E-state index >= 15 is 0 Å². The van der Waals surface area contributed by atoms with Gasteiger partial charge in [0.1, 0.15) is 0 Å². The molecule has 57 heavy (non-hydrogen) atoms. The van der Waals surface area contributed by atoms with Crippen LogP contribution in [-0.4, -0.2) is 9.13 Å². The van der Waals surface area contributed by atoms with Crippen LogP contribution in [0, 0.1) is 0 Å². The largest absolute Gasteiger partial charge is 0.309 e. The van der Waals surface area contributed by atoms with Gasteiger partial charge >= 0.3 is 0 Å². The lowest BCUT2D eigenvalue weighted by Crippen LogP contribution is -1.99. The van der Waals surface area contributed by atoms with E-state index in [1.165, 1.54) is 105 Å². The molecule has 0 saturated carbocycles. The first-order valence-electron chi connectivity index (χ1n) is 19.8. The van der Waals surface area contributed by atoms with Gasteiger partial charge in [-0.15, -0.1) is 0 Å². The number of hydrogen-bond donors (Lipinski definition) is 0. The Kier molecular flexibility index (Phi) is 7.02. The van der Waals surface area contributed by atoms with Crippen LogP contribution in [0.15, 0.2) is 212 Å². The van der Waals surface area contributed by atoms with Crippen LogP contribution in [0.2, 0.25) is 0 Å². The molecule has 1 aliphatic rings. The van der Waals surface area contributed by atoms with Gasteiger partial charge in [-0.1, -0.05) is 146 Å². The maximum Gasteiger partial charge on any atom is 0.0541 e. The van der Waals surface area contributed by atoms with Crippen molar-refractivity contribution in [3.05, 3.63) is 229 Å². The first kappa shape index (κ1) is 31.9. The highest BCUT2D eigenvalue weighted by Crippen LogP contribution is 2.49. The zero-order chi connectivity index (χ0) is 37.5. The molecule has 0 aliphatic heterocycles. The van der Waals surface area contributed by atoms with Crippen LogP contribution in [0.4, 0.5) is 0 Å². The fourth-order valence-electron chi connectivity index (χ4n) is 9.65. The minimum atomic E-state index is 0.236. The molecular weight excluding hydrogens is 689 g/mol. The molecular formula is C55H36N2. The second kappa shape index (κ2) is 12.6. The number of benzene rings is 9. The van der Waals surface area contributed by atoms with Crippen LogP contribution in [-0.2, 0) is 0 Å². The molecule has 0 spiro atoms. The Morgan fingerprint density at radius 2 is 0.789 bits per heavy atom. The second-order valence-corrected chi connectivity index (χ2v) is 15.3. The van der Waals surface area contributed by atoms with E-state index in [9.17, 15) is 0 Å². The smallest absolute Gasteiger partial charge is 0.0541 e. The summed E-state index contributed by atoms with van der Waals surface area (Å²) >= 11 is 0.